The van der Waals surface area contributed by atoms with Crippen molar-refractivity contribution in [2.24, 2.45) is 0 Å². The van der Waals surface area contributed by atoms with Crippen molar-refractivity contribution >= 4 is 24.0 Å². The highest BCUT2D eigenvalue weighted by Gasteiger charge is 2.41. The van der Waals surface area contributed by atoms with Gasteiger partial charge in [0.05, 0.1) is 0 Å². The van der Waals surface area contributed by atoms with E-state index in [-0.39, 0.29) is 11.1 Å². The highest BCUT2D eigenvalue weighted by atomic mass is 16.6. The van der Waals surface area contributed by atoms with Crippen molar-refractivity contribution in [2.75, 3.05) is 19.8 Å². The Morgan fingerprint density at radius 1 is 0.862 bits per heavy atom. The summed E-state index contributed by atoms with van der Waals surface area (Å²) in [5, 5.41) is 2.56. The molecule has 162 valence electrons. The Bertz CT molecular complexity index is 657. The van der Waals surface area contributed by atoms with Crippen LogP contribution < -0.4 is 5.32 Å². The summed E-state index contributed by atoms with van der Waals surface area (Å²) in [4.78, 5) is 47.5. The summed E-state index contributed by atoms with van der Waals surface area (Å²) >= 11 is 0. The van der Waals surface area contributed by atoms with Crippen LogP contribution in [0.2, 0.25) is 0 Å². The summed E-state index contributed by atoms with van der Waals surface area (Å²) in [6.45, 7) is 16.5. The lowest BCUT2D eigenvalue weighted by atomic mass is 10.1. The van der Waals surface area contributed by atoms with Gasteiger partial charge in [-0.2, -0.15) is 0 Å². The molecule has 0 atom stereocenters. The Labute approximate surface area is 170 Å². The first-order valence-electron chi connectivity index (χ1n) is 8.67. The van der Waals surface area contributed by atoms with Crippen molar-refractivity contribution in [3.63, 3.8) is 0 Å². The normalized spacial score (nSPS) is 10.9. The molecule has 0 aliphatic heterocycles. The SMILES string of the molecule is C=CC(=O)OCC(COC(=O)C(=C)C)(COC(=O)C(=C)C)OC(=O)NC(C)(C)C. The van der Waals surface area contributed by atoms with Gasteiger partial charge in [0.25, 0.3) is 0 Å². The van der Waals surface area contributed by atoms with Gasteiger partial charge in [-0.25, -0.2) is 19.2 Å². The minimum absolute atomic E-state index is 0.0973. The lowest BCUT2D eigenvalue weighted by Gasteiger charge is -2.33. The van der Waals surface area contributed by atoms with Gasteiger partial charge in [0.2, 0.25) is 5.60 Å². The van der Waals surface area contributed by atoms with Gasteiger partial charge in [0, 0.05) is 22.8 Å². The predicted molar refractivity (Wildman–Crippen MR) is 105 cm³/mol. The fourth-order valence-corrected chi connectivity index (χ4v) is 1.64. The zero-order valence-electron chi connectivity index (χ0n) is 17.6. The molecule has 0 heterocycles. The molecule has 0 rings (SSSR count). The van der Waals surface area contributed by atoms with Gasteiger partial charge in [-0.1, -0.05) is 19.7 Å². The van der Waals surface area contributed by atoms with E-state index in [0.29, 0.717) is 0 Å². The van der Waals surface area contributed by atoms with Crippen LogP contribution in [0.4, 0.5) is 4.79 Å². The van der Waals surface area contributed by atoms with Crippen molar-refractivity contribution in [2.45, 2.75) is 45.8 Å². The number of amides is 1. The molecule has 9 nitrogen and oxygen atoms in total. The summed E-state index contributed by atoms with van der Waals surface area (Å²) < 4.78 is 20.5. The summed E-state index contributed by atoms with van der Waals surface area (Å²) in [6.07, 6.45) is 0.00432. The van der Waals surface area contributed by atoms with Crippen LogP contribution in [0, 0.1) is 0 Å². The topological polar surface area (TPSA) is 117 Å². The van der Waals surface area contributed by atoms with Gasteiger partial charge in [0.1, 0.15) is 19.8 Å². The third-order valence-corrected chi connectivity index (χ3v) is 3.06. The van der Waals surface area contributed by atoms with Gasteiger partial charge >= 0.3 is 24.0 Å². The van der Waals surface area contributed by atoms with Crippen LogP contribution in [-0.4, -0.2) is 55.0 Å². The molecule has 0 aromatic rings. The molecule has 9 heteroatoms. The van der Waals surface area contributed by atoms with Gasteiger partial charge in [-0.15, -0.1) is 0 Å². The minimum Gasteiger partial charge on any atom is -0.458 e. The average Bonchev–Trinajstić information content (AvgIpc) is 2.59. The first-order chi connectivity index (χ1) is 13.2. The molecule has 0 radical (unpaired) electrons. The number of rotatable bonds is 10. The number of esters is 3. The lowest BCUT2D eigenvalue weighted by molar-refractivity contribution is -0.170. The Balaban J connectivity index is 5.74. The average molecular weight is 411 g/mol. The second-order valence-corrected chi connectivity index (χ2v) is 7.47. The molecule has 0 fully saturated rings. The molecule has 0 aliphatic carbocycles. The third-order valence-electron chi connectivity index (χ3n) is 3.06. The van der Waals surface area contributed by atoms with E-state index in [9.17, 15) is 19.2 Å². The van der Waals surface area contributed by atoms with Crippen LogP contribution in [0.5, 0.6) is 0 Å². The summed E-state index contributed by atoms with van der Waals surface area (Å²) in [6, 6.07) is 0. The predicted octanol–water partition coefficient (Wildman–Crippen LogP) is 2.22. The van der Waals surface area contributed by atoms with Gasteiger partial charge in [-0.3, -0.25) is 0 Å². The first-order valence-corrected chi connectivity index (χ1v) is 8.67. The number of alkyl carbamates (subject to hydrolysis) is 1. The van der Waals surface area contributed by atoms with Crippen molar-refractivity contribution in [3.8, 4) is 0 Å². The van der Waals surface area contributed by atoms with Crippen LogP contribution in [0.3, 0.4) is 0 Å². The number of ether oxygens (including phenoxy) is 4. The Hall–Kier alpha value is -3.10. The smallest absolute Gasteiger partial charge is 0.408 e. The highest BCUT2D eigenvalue weighted by Crippen LogP contribution is 2.18. The Kier molecular flexibility index (Phi) is 9.86. The maximum atomic E-state index is 12.3. The first kappa shape index (κ1) is 25.9. The van der Waals surface area contributed by atoms with E-state index in [2.05, 4.69) is 25.1 Å². The fraction of sp³-hybridized carbons (Fsp3) is 0.500. The molecular weight excluding hydrogens is 382 g/mol. The van der Waals surface area contributed by atoms with Crippen LogP contribution in [0.15, 0.2) is 37.0 Å². The van der Waals surface area contributed by atoms with Crippen molar-refractivity contribution in [1.82, 2.24) is 5.32 Å². The molecule has 0 aromatic heterocycles. The molecule has 0 saturated carbocycles. The second kappa shape index (κ2) is 11.0. The number of nitrogens with one attached hydrogen (secondary N) is 1. The zero-order valence-corrected chi connectivity index (χ0v) is 17.6. The Morgan fingerprint density at radius 3 is 1.62 bits per heavy atom. The molecule has 29 heavy (non-hydrogen) atoms. The molecule has 0 spiro atoms. The summed E-state index contributed by atoms with van der Waals surface area (Å²) in [7, 11) is 0. The maximum absolute atomic E-state index is 12.3. The van der Waals surface area contributed by atoms with E-state index >= 15 is 0 Å². The lowest BCUT2D eigenvalue weighted by Crippen LogP contribution is -2.53. The third kappa shape index (κ3) is 10.7. The monoisotopic (exact) mass is 411 g/mol. The molecule has 0 unspecified atom stereocenters. The second-order valence-electron chi connectivity index (χ2n) is 7.47. The largest absolute Gasteiger partial charge is 0.458 e. The van der Waals surface area contributed by atoms with Crippen molar-refractivity contribution < 1.29 is 38.1 Å². The van der Waals surface area contributed by atoms with E-state index in [1.807, 2.05) is 0 Å². The molecule has 0 aliphatic rings. The number of hydrogen-bond acceptors (Lipinski definition) is 8. The van der Waals surface area contributed by atoms with E-state index in [4.69, 9.17) is 18.9 Å². The maximum Gasteiger partial charge on any atom is 0.408 e. The van der Waals surface area contributed by atoms with Crippen LogP contribution >= 0.6 is 0 Å². The van der Waals surface area contributed by atoms with Gasteiger partial charge in [0.15, 0.2) is 0 Å². The minimum atomic E-state index is -1.82. The van der Waals surface area contributed by atoms with Crippen LogP contribution in [-0.2, 0) is 33.3 Å². The number of hydrogen-bond donors (Lipinski definition) is 1. The van der Waals surface area contributed by atoms with E-state index in [1.165, 1.54) is 13.8 Å². The summed E-state index contributed by atoms with van der Waals surface area (Å²) in [5.74, 6) is -2.35. The van der Waals surface area contributed by atoms with E-state index in [0.717, 1.165) is 6.08 Å². The van der Waals surface area contributed by atoms with Crippen LogP contribution in [0.1, 0.15) is 34.6 Å². The standard InChI is InChI=1S/C20H29NO8/c1-9-15(22)26-10-20(11-27-16(23)13(2)3,12-28-17(24)14(4)5)29-18(25)21-19(6,7)8/h9H,1-2,4,10-12H2,3,5-8H3,(H,21,25). The zero-order chi connectivity index (χ0) is 22.8. The molecule has 1 amide bonds. The molecule has 0 bridgehead atoms. The van der Waals surface area contributed by atoms with E-state index in [1.54, 1.807) is 20.8 Å². The van der Waals surface area contributed by atoms with E-state index < -0.39 is 55.0 Å². The van der Waals surface area contributed by atoms with Gasteiger partial charge in [-0.05, 0) is 34.6 Å². The number of carbonyl (C=O) groups excluding carboxylic acids is 4. The quantitative estimate of drug-likeness (QED) is 0.330. The molecule has 1 N–H and O–H groups in total. The summed E-state index contributed by atoms with van der Waals surface area (Å²) in [5.41, 5.74) is -2.27. The fourth-order valence-electron chi connectivity index (χ4n) is 1.64. The van der Waals surface area contributed by atoms with Crippen molar-refractivity contribution in [1.29, 1.82) is 0 Å². The van der Waals surface area contributed by atoms with Crippen molar-refractivity contribution in [3.05, 3.63) is 37.0 Å². The number of carbonyl (C=O) groups is 4. The van der Waals surface area contributed by atoms with Crippen LogP contribution in [0.25, 0.3) is 0 Å². The Morgan fingerprint density at radius 2 is 1.28 bits per heavy atom. The highest BCUT2D eigenvalue weighted by molar-refractivity contribution is 5.87. The molecule has 0 saturated heterocycles. The molecule has 0 aromatic carbocycles. The van der Waals surface area contributed by atoms with Gasteiger partial charge < -0.3 is 24.3 Å². The molecular formula is C20H29NO8.